The van der Waals surface area contributed by atoms with Crippen LogP contribution in [0.15, 0.2) is 41.2 Å². The first kappa shape index (κ1) is 15.8. The monoisotopic (exact) mass is 331 g/mol. The zero-order chi connectivity index (χ0) is 17.4. The smallest absolute Gasteiger partial charge is 0.352 e. The number of carboxylic acid groups (broad SMARTS) is 1. The Kier molecular flexibility index (Phi) is 3.86. The minimum atomic E-state index is -1.29. The van der Waals surface area contributed by atoms with Crippen molar-refractivity contribution in [2.45, 2.75) is 6.61 Å². The van der Waals surface area contributed by atoms with E-state index in [0.29, 0.717) is 10.9 Å². The second-order valence-corrected chi connectivity index (χ2v) is 5.20. The molecule has 0 aliphatic carbocycles. The van der Waals surface area contributed by atoms with Gasteiger partial charge >= 0.3 is 5.97 Å². The summed E-state index contributed by atoms with van der Waals surface area (Å²) in [6, 6.07) is 7.59. The predicted octanol–water partition coefficient (Wildman–Crippen LogP) is 2.66. The molecule has 0 unspecified atom stereocenters. The summed E-state index contributed by atoms with van der Waals surface area (Å²) >= 11 is 0. The third-order valence-electron chi connectivity index (χ3n) is 3.70. The van der Waals surface area contributed by atoms with Crippen molar-refractivity contribution in [1.29, 1.82) is 0 Å². The Labute approximate surface area is 133 Å². The third kappa shape index (κ3) is 2.65. The van der Waals surface area contributed by atoms with E-state index in [0.717, 1.165) is 12.1 Å². The first-order valence-electron chi connectivity index (χ1n) is 6.90. The van der Waals surface area contributed by atoms with E-state index in [1.807, 2.05) is 0 Å². The van der Waals surface area contributed by atoms with Crippen LogP contribution in [0.2, 0.25) is 0 Å². The van der Waals surface area contributed by atoms with E-state index in [1.165, 1.54) is 24.3 Å². The second kappa shape index (κ2) is 5.86. The van der Waals surface area contributed by atoms with Gasteiger partial charge in [-0.25, -0.2) is 13.6 Å². The summed E-state index contributed by atoms with van der Waals surface area (Å²) in [4.78, 5) is 25.2. The highest BCUT2D eigenvalue weighted by molar-refractivity contribution is 5.93. The number of aromatic amines is 1. The van der Waals surface area contributed by atoms with Gasteiger partial charge in [0.2, 0.25) is 0 Å². The van der Waals surface area contributed by atoms with Crippen molar-refractivity contribution < 1.29 is 23.8 Å². The molecule has 7 heteroatoms. The number of benzene rings is 2. The quantitative estimate of drug-likeness (QED) is 0.688. The third-order valence-corrected chi connectivity index (χ3v) is 3.70. The van der Waals surface area contributed by atoms with Gasteiger partial charge in [0.15, 0.2) is 11.6 Å². The van der Waals surface area contributed by atoms with Crippen LogP contribution in [0.1, 0.15) is 16.1 Å². The SMILES string of the molecule is O=C(O)c1cc2cc(-c3cc(F)c(F)cc3CO)ccc2c(=O)[nH]1. The van der Waals surface area contributed by atoms with Crippen molar-refractivity contribution in [3.63, 3.8) is 0 Å². The molecular weight excluding hydrogens is 320 g/mol. The van der Waals surface area contributed by atoms with E-state index >= 15 is 0 Å². The largest absolute Gasteiger partial charge is 0.477 e. The zero-order valence-electron chi connectivity index (χ0n) is 12.1. The average Bonchev–Trinajstić information content (AvgIpc) is 2.56. The number of pyridine rings is 1. The van der Waals surface area contributed by atoms with Crippen molar-refractivity contribution in [1.82, 2.24) is 4.98 Å². The van der Waals surface area contributed by atoms with E-state index in [9.17, 15) is 23.5 Å². The average molecular weight is 331 g/mol. The van der Waals surface area contributed by atoms with Gasteiger partial charge in [-0.2, -0.15) is 0 Å². The van der Waals surface area contributed by atoms with Gasteiger partial charge in [0, 0.05) is 5.39 Å². The summed E-state index contributed by atoms with van der Waals surface area (Å²) in [5, 5.41) is 19.0. The molecule has 0 radical (unpaired) electrons. The Morgan fingerprint density at radius 2 is 1.79 bits per heavy atom. The Balaban J connectivity index is 2.27. The normalized spacial score (nSPS) is 11.0. The van der Waals surface area contributed by atoms with E-state index < -0.39 is 29.8 Å². The van der Waals surface area contributed by atoms with Gasteiger partial charge in [0.05, 0.1) is 6.61 Å². The van der Waals surface area contributed by atoms with Crippen LogP contribution in [0.4, 0.5) is 8.78 Å². The van der Waals surface area contributed by atoms with E-state index in [4.69, 9.17) is 5.11 Å². The lowest BCUT2D eigenvalue weighted by Crippen LogP contribution is -2.12. The second-order valence-electron chi connectivity index (χ2n) is 5.20. The van der Waals surface area contributed by atoms with Crippen LogP contribution in [0, 0.1) is 11.6 Å². The summed E-state index contributed by atoms with van der Waals surface area (Å²) in [6.45, 7) is -0.500. The Morgan fingerprint density at radius 1 is 1.08 bits per heavy atom. The summed E-state index contributed by atoms with van der Waals surface area (Å²) < 4.78 is 26.9. The summed E-state index contributed by atoms with van der Waals surface area (Å²) in [5.74, 6) is -3.43. The lowest BCUT2D eigenvalue weighted by atomic mass is 9.97. The molecule has 1 heterocycles. The number of hydrogen-bond donors (Lipinski definition) is 3. The fourth-order valence-corrected chi connectivity index (χ4v) is 2.54. The van der Waals surface area contributed by atoms with Gasteiger partial charge in [-0.05, 0) is 52.4 Å². The molecule has 0 aliphatic rings. The van der Waals surface area contributed by atoms with Crippen molar-refractivity contribution >= 4 is 16.7 Å². The Hall–Kier alpha value is -3.06. The molecule has 0 fully saturated rings. The van der Waals surface area contributed by atoms with Crippen LogP contribution in [0.3, 0.4) is 0 Å². The fourth-order valence-electron chi connectivity index (χ4n) is 2.54. The van der Waals surface area contributed by atoms with Gasteiger partial charge in [-0.15, -0.1) is 0 Å². The number of rotatable bonds is 3. The molecule has 3 N–H and O–H groups in total. The molecule has 2 aromatic carbocycles. The van der Waals surface area contributed by atoms with Crippen LogP contribution in [-0.4, -0.2) is 21.2 Å². The molecule has 0 saturated heterocycles. The zero-order valence-corrected chi connectivity index (χ0v) is 12.1. The molecule has 3 aromatic rings. The molecule has 122 valence electrons. The number of nitrogens with one attached hydrogen (secondary N) is 1. The summed E-state index contributed by atoms with van der Waals surface area (Å²) in [7, 11) is 0. The van der Waals surface area contributed by atoms with E-state index in [2.05, 4.69) is 4.98 Å². The van der Waals surface area contributed by atoms with Gasteiger partial charge in [0.1, 0.15) is 5.69 Å². The van der Waals surface area contributed by atoms with Gasteiger partial charge in [0.25, 0.3) is 5.56 Å². The van der Waals surface area contributed by atoms with Crippen LogP contribution in [0.5, 0.6) is 0 Å². The topological polar surface area (TPSA) is 90.4 Å². The van der Waals surface area contributed by atoms with Crippen molar-refractivity contribution in [2.24, 2.45) is 0 Å². The number of aliphatic hydroxyl groups is 1. The van der Waals surface area contributed by atoms with E-state index in [1.54, 1.807) is 0 Å². The van der Waals surface area contributed by atoms with Crippen molar-refractivity contribution in [3.05, 3.63) is 69.6 Å². The molecule has 0 saturated carbocycles. The molecule has 0 aliphatic heterocycles. The number of aromatic carboxylic acids is 1. The number of aromatic nitrogens is 1. The standard InChI is InChI=1S/C17H11F2NO4/c18-13-4-10(7-21)12(6-14(13)19)8-1-2-11-9(3-8)5-15(17(23)24)20-16(11)22/h1-6,21H,7H2,(H,20,22)(H,23,24). The first-order chi connectivity index (χ1) is 11.4. The van der Waals surface area contributed by atoms with Crippen LogP contribution in [0.25, 0.3) is 21.9 Å². The molecule has 3 rings (SSSR count). The maximum Gasteiger partial charge on any atom is 0.352 e. The molecule has 1 aromatic heterocycles. The fraction of sp³-hybridized carbons (Fsp3) is 0.0588. The highest BCUT2D eigenvalue weighted by Gasteiger charge is 2.13. The number of hydrogen-bond acceptors (Lipinski definition) is 3. The molecular formula is C17H11F2NO4. The molecule has 5 nitrogen and oxygen atoms in total. The number of carboxylic acids is 1. The maximum atomic E-state index is 13.5. The van der Waals surface area contributed by atoms with Gasteiger partial charge < -0.3 is 15.2 Å². The van der Waals surface area contributed by atoms with Crippen LogP contribution in [-0.2, 0) is 6.61 Å². The number of H-pyrrole nitrogens is 1. The first-order valence-corrected chi connectivity index (χ1v) is 6.90. The minimum Gasteiger partial charge on any atom is -0.477 e. The number of halogens is 2. The number of aliphatic hydroxyl groups excluding tert-OH is 1. The Bertz CT molecular complexity index is 1030. The Morgan fingerprint density at radius 3 is 2.46 bits per heavy atom. The highest BCUT2D eigenvalue weighted by Crippen LogP contribution is 2.28. The molecule has 0 bridgehead atoms. The van der Waals surface area contributed by atoms with Gasteiger partial charge in [-0.1, -0.05) is 6.07 Å². The van der Waals surface area contributed by atoms with Crippen LogP contribution < -0.4 is 5.56 Å². The molecule has 0 atom stereocenters. The maximum absolute atomic E-state index is 13.5. The number of fused-ring (bicyclic) bond motifs is 1. The van der Waals surface area contributed by atoms with Gasteiger partial charge in [-0.3, -0.25) is 4.79 Å². The highest BCUT2D eigenvalue weighted by atomic mass is 19.2. The molecule has 24 heavy (non-hydrogen) atoms. The van der Waals surface area contributed by atoms with Crippen molar-refractivity contribution in [3.8, 4) is 11.1 Å². The van der Waals surface area contributed by atoms with Crippen LogP contribution >= 0.6 is 0 Å². The number of carbonyl (C=O) groups is 1. The molecule has 0 spiro atoms. The molecule has 0 amide bonds. The summed E-state index contributed by atoms with van der Waals surface area (Å²) in [5.41, 5.74) is 0.0147. The van der Waals surface area contributed by atoms with E-state index in [-0.39, 0.29) is 22.2 Å². The lowest BCUT2D eigenvalue weighted by Gasteiger charge is -2.10. The lowest BCUT2D eigenvalue weighted by molar-refractivity contribution is 0.0690. The minimum absolute atomic E-state index is 0.177. The summed E-state index contributed by atoms with van der Waals surface area (Å²) in [6.07, 6.45) is 0. The van der Waals surface area contributed by atoms with Crippen molar-refractivity contribution in [2.75, 3.05) is 0 Å². The predicted molar refractivity (Wildman–Crippen MR) is 82.8 cm³/mol.